The fraction of sp³-hybridized carbons (Fsp3) is 0. The van der Waals surface area contributed by atoms with Gasteiger partial charge in [-0.05, 0) is 116 Å². The van der Waals surface area contributed by atoms with Crippen molar-refractivity contribution in [2.45, 2.75) is 0 Å². The number of hydrogen-bond donors (Lipinski definition) is 0. The van der Waals surface area contributed by atoms with Gasteiger partial charge in [0.25, 0.3) is 0 Å². The molecule has 0 amide bonds. The van der Waals surface area contributed by atoms with Crippen LogP contribution in [0.5, 0.6) is 0 Å². The van der Waals surface area contributed by atoms with Gasteiger partial charge >= 0.3 is 0 Å². The van der Waals surface area contributed by atoms with Gasteiger partial charge in [-0.1, -0.05) is 170 Å². The maximum atomic E-state index is 2.41. The molecule has 0 bridgehead atoms. The zero-order valence-electron chi connectivity index (χ0n) is 31.8. The highest BCUT2D eigenvalue weighted by Gasteiger charge is 2.18. The number of anilines is 3. The molecule has 0 aliphatic carbocycles. The molecule has 58 heavy (non-hydrogen) atoms. The van der Waals surface area contributed by atoms with E-state index in [4.69, 9.17) is 0 Å². The van der Waals surface area contributed by atoms with Crippen molar-refractivity contribution in [3.8, 4) is 39.1 Å². The highest BCUT2D eigenvalue weighted by molar-refractivity contribution is 6.16. The van der Waals surface area contributed by atoms with Crippen LogP contribution in [0.3, 0.4) is 0 Å². The third-order valence-electron chi connectivity index (χ3n) is 11.6. The van der Waals surface area contributed by atoms with E-state index < -0.39 is 0 Å². The molecule has 0 spiro atoms. The molecule has 0 radical (unpaired) electrons. The van der Waals surface area contributed by atoms with Crippen LogP contribution in [-0.2, 0) is 0 Å². The van der Waals surface area contributed by atoms with Crippen LogP contribution in [0.1, 0.15) is 0 Å². The van der Waals surface area contributed by atoms with E-state index in [1.165, 1.54) is 82.4 Å². The standard InChI is InChI=1S/C56H38N2/c1-2-11-39(12-3-1)42-21-23-43(24-22-42)44-25-31-48(32-26-44)57(50-35-27-40-13-4-6-15-46(40)37-50)49-33-29-45(30-34-49)52-18-10-20-55-56(52)53-17-8-9-19-54(53)58(55)51-36-28-41-14-5-7-16-47(41)38-51/h1-38H. The molecular weight excluding hydrogens is 701 g/mol. The van der Waals surface area contributed by atoms with E-state index in [1.54, 1.807) is 0 Å². The zero-order valence-corrected chi connectivity index (χ0v) is 31.8. The molecule has 0 unspecified atom stereocenters. The van der Waals surface area contributed by atoms with Crippen molar-refractivity contribution in [3.63, 3.8) is 0 Å². The van der Waals surface area contributed by atoms with Crippen LogP contribution >= 0.6 is 0 Å². The molecule has 2 nitrogen and oxygen atoms in total. The fourth-order valence-electron chi connectivity index (χ4n) is 8.70. The second kappa shape index (κ2) is 14.1. The zero-order chi connectivity index (χ0) is 38.4. The molecule has 0 saturated heterocycles. The first-order valence-electron chi connectivity index (χ1n) is 19.9. The normalized spacial score (nSPS) is 11.4. The lowest BCUT2D eigenvalue weighted by atomic mass is 9.98. The Morgan fingerprint density at radius 2 is 0.776 bits per heavy atom. The maximum Gasteiger partial charge on any atom is 0.0547 e. The van der Waals surface area contributed by atoms with Crippen LogP contribution in [0.4, 0.5) is 17.1 Å². The van der Waals surface area contributed by atoms with Gasteiger partial charge in [-0.3, -0.25) is 0 Å². The molecule has 0 saturated carbocycles. The number of rotatable bonds is 7. The van der Waals surface area contributed by atoms with Gasteiger partial charge in [0, 0.05) is 33.5 Å². The summed E-state index contributed by atoms with van der Waals surface area (Å²) in [6.07, 6.45) is 0. The lowest BCUT2D eigenvalue weighted by Crippen LogP contribution is -2.09. The lowest BCUT2D eigenvalue weighted by Gasteiger charge is -2.26. The highest BCUT2D eigenvalue weighted by atomic mass is 15.1. The minimum Gasteiger partial charge on any atom is -0.310 e. The molecule has 0 atom stereocenters. The van der Waals surface area contributed by atoms with Crippen molar-refractivity contribution in [1.29, 1.82) is 0 Å². The smallest absolute Gasteiger partial charge is 0.0547 e. The van der Waals surface area contributed by atoms with Crippen LogP contribution in [0.25, 0.3) is 82.4 Å². The van der Waals surface area contributed by atoms with Gasteiger partial charge in [0.15, 0.2) is 0 Å². The molecule has 11 aromatic rings. The van der Waals surface area contributed by atoms with Gasteiger partial charge in [0.2, 0.25) is 0 Å². The molecule has 10 aromatic carbocycles. The molecule has 0 aliphatic heterocycles. The lowest BCUT2D eigenvalue weighted by molar-refractivity contribution is 1.19. The van der Waals surface area contributed by atoms with Crippen LogP contribution in [0.15, 0.2) is 231 Å². The van der Waals surface area contributed by atoms with Gasteiger partial charge < -0.3 is 9.47 Å². The van der Waals surface area contributed by atoms with Gasteiger partial charge in [0.05, 0.1) is 11.0 Å². The number of fused-ring (bicyclic) bond motifs is 5. The Morgan fingerprint density at radius 3 is 1.45 bits per heavy atom. The van der Waals surface area contributed by atoms with E-state index in [2.05, 4.69) is 240 Å². The third-order valence-corrected chi connectivity index (χ3v) is 11.6. The van der Waals surface area contributed by atoms with Crippen LogP contribution in [0, 0.1) is 0 Å². The fourth-order valence-corrected chi connectivity index (χ4v) is 8.70. The molecular formula is C56H38N2. The Bertz CT molecular complexity index is 3250. The Balaban J connectivity index is 0.990. The first-order valence-corrected chi connectivity index (χ1v) is 19.9. The summed E-state index contributed by atoms with van der Waals surface area (Å²) in [5.74, 6) is 0. The molecule has 2 heteroatoms. The van der Waals surface area contributed by atoms with E-state index in [0.717, 1.165) is 17.1 Å². The van der Waals surface area contributed by atoms with Crippen molar-refractivity contribution in [2.75, 3.05) is 4.90 Å². The largest absolute Gasteiger partial charge is 0.310 e. The molecule has 0 aliphatic rings. The van der Waals surface area contributed by atoms with E-state index in [1.807, 2.05) is 0 Å². The van der Waals surface area contributed by atoms with Crippen LogP contribution in [-0.4, -0.2) is 4.57 Å². The predicted octanol–water partition coefficient (Wildman–Crippen LogP) is 15.6. The Kier molecular flexibility index (Phi) is 8.19. The average Bonchev–Trinajstić information content (AvgIpc) is 3.64. The Hall–Kier alpha value is -7.68. The summed E-state index contributed by atoms with van der Waals surface area (Å²) in [6.45, 7) is 0. The van der Waals surface area contributed by atoms with Crippen molar-refractivity contribution >= 4 is 60.4 Å². The summed E-state index contributed by atoms with van der Waals surface area (Å²) in [6, 6.07) is 83.7. The first-order chi connectivity index (χ1) is 28.7. The van der Waals surface area contributed by atoms with E-state index in [0.29, 0.717) is 0 Å². The third kappa shape index (κ3) is 5.91. The van der Waals surface area contributed by atoms with Crippen LogP contribution < -0.4 is 4.90 Å². The summed E-state index contributed by atoms with van der Waals surface area (Å²) in [7, 11) is 0. The Morgan fingerprint density at radius 1 is 0.293 bits per heavy atom. The molecule has 272 valence electrons. The molecule has 1 heterocycles. The van der Waals surface area contributed by atoms with E-state index in [9.17, 15) is 0 Å². The number of para-hydroxylation sites is 1. The second-order valence-corrected chi connectivity index (χ2v) is 15.0. The van der Waals surface area contributed by atoms with Crippen molar-refractivity contribution in [1.82, 2.24) is 4.57 Å². The van der Waals surface area contributed by atoms with Crippen molar-refractivity contribution in [3.05, 3.63) is 231 Å². The van der Waals surface area contributed by atoms with E-state index in [-0.39, 0.29) is 0 Å². The average molecular weight is 739 g/mol. The summed E-state index contributed by atoms with van der Waals surface area (Å²) < 4.78 is 2.41. The minimum absolute atomic E-state index is 1.10. The quantitative estimate of drug-likeness (QED) is 0.158. The predicted molar refractivity (Wildman–Crippen MR) is 247 cm³/mol. The van der Waals surface area contributed by atoms with E-state index >= 15 is 0 Å². The van der Waals surface area contributed by atoms with Gasteiger partial charge in [-0.15, -0.1) is 0 Å². The molecule has 0 N–H and O–H groups in total. The van der Waals surface area contributed by atoms with Crippen molar-refractivity contribution < 1.29 is 0 Å². The minimum atomic E-state index is 1.10. The number of hydrogen-bond acceptors (Lipinski definition) is 1. The number of benzene rings is 10. The number of nitrogens with zero attached hydrogens (tertiary/aromatic N) is 2. The number of aromatic nitrogens is 1. The summed E-state index contributed by atoms with van der Waals surface area (Å²) in [4.78, 5) is 2.37. The molecule has 1 aromatic heterocycles. The molecule has 11 rings (SSSR count). The van der Waals surface area contributed by atoms with Gasteiger partial charge in [-0.2, -0.15) is 0 Å². The SMILES string of the molecule is c1ccc(-c2ccc(-c3ccc(N(c4ccc(-c5cccc6c5c5ccccc5n6-c5ccc6ccccc6c5)cc4)c4ccc5ccccc5c4)cc3)cc2)cc1. The first kappa shape index (κ1) is 33.6. The molecule has 0 fully saturated rings. The monoisotopic (exact) mass is 738 g/mol. The van der Waals surface area contributed by atoms with Gasteiger partial charge in [0.1, 0.15) is 0 Å². The second-order valence-electron chi connectivity index (χ2n) is 15.0. The van der Waals surface area contributed by atoms with Crippen LogP contribution in [0.2, 0.25) is 0 Å². The highest BCUT2D eigenvalue weighted by Crippen LogP contribution is 2.42. The summed E-state index contributed by atoms with van der Waals surface area (Å²) in [5.41, 5.74) is 14.1. The van der Waals surface area contributed by atoms with Gasteiger partial charge in [-0.25, -0.2) is 0 Å². The Labute approximate surface area is 338 Å². The maximum absolute atomic E-state index is 2.41. The summed E-state index contributed by atoms with van der Waals surface area (Å²) in [5, 5.41) is 7.43. The topological polar surface area (TPSA) is 8.17 Å². The summed E-state index contributed by atoms with van der Waals surface area (Å²) >= 11 is 0. The van der Waals surface area contributed by atoms with Crippen molar-refractivity contribution in [2.24, 2.45) is 0 Å².